The van der Waals surface area contributed by atoms with Gasteiger partial charge < -0.3 is 15.1 Å². The highest BCUT2D eigenvalue weighted by Gasteiger charge is 2.24. The molecule has 1 fully saturated rings. The van der Waals surface area contributed by atoms with Crippen molar-refractivity contribution in [3.8, 4) is 0 Å². The molecule has 1 saturated heterocycles. The largest absolute Gasteiger partial charge is 0.366 e. The van der Waals surface area contributed by atoms with Crippen LogP contribution in [-0.2, 0) is 0 Å². The molecule has 17 heavy (non-hydrogen) atoms. The molecule has 0 spiro atoms. The van der Waals surface area contributed by atoms with E-state index in [1.54, 1.807) is 0 Å². The maximum Gasteiger partial charge on any atom is 0.0429 e. The topological polar surface area (TPSA) is 18.5 Å². The summed E-state index contributed by atoms with van der Waals surface area (Å²) in [7, 11) is 4.24. The van der Waals surface area contributed by atoms with E-state index in [9.17, 15) is 0 Å². The quantitative estimate of drug-likeness (QED) is 0.848. The molecule has 3 heteroatoms. The van der Waals surface area contributed by atoms with E-state index < -0.39 is 0 Å². The molecule has 1 aliphatic heterocycles. The van der Waals surface area contributed by atoms with Crippen molar-refractivity contribution in [3.05, 3.63) is 30.3 Å². The maximum atomic E-state index is 3.26. The van der Waals surface area contributed by atoms with E-state index in [2.05, 4.69) is 52.5 Å². The van der Waals surface area contributed by atoms with Crippen LogP contribution in [0.2, 0.25) is 0 Å². The molecule has 0 amide bonds. The molecule has 1 N–H and O–H groups in total. The molecule has 1 aromatic rings. The third-order valence-corrected chi connectivity index (χ3v) is 3.50. The molecule has 3 nitrogen and oxygen atoms in total. The summed E-state index contributed by atoms with van der Waals surface area (Å²) in [6.07, 6.45) is 1.20. The molecule has 0 saturated carbocycles. The molecule has 1 aliphatic rings. The van der Waals surface area contributed by atoms with Crippen LogP contribution in [0.3, 0.4) is 0 Å². The Morgan fingerprint density at radius 3 is 2.71 bits per heavy atom. The van der Waals surface area contributed by atoms with E-state index in [0.29, 0.717) is 6.04 Å². The Morgan fingerprint density at radius 1 is 1.24 bits per heavy atom. The van der Waals surface area contributed by atoms with Gasteiger partial charge in [-0.2, -0.15) is 0 Å². The van der Waals surface area contributed by atoms with Gasteiger partial charge in [0, 0.05) is 31.4 Å². The predicted octanol–water partition coefficient (Wildman–Crippen LogP) is 1.42. The van der Waals surface area contributed by atoms with Crippen molar-refractivity contribution in [2.45, 2.75) is 12.5 Å². The van der Waals surface area contributed by atoms with Gasteiger partial charge in [-0.1, -0.05) is 18.2 Å². The van der Waals surface area contributed by atoms with Crippen molar-refractivity contribution in [3.63, 3.8) is 0 Å². The van der Waals surface area contributed by atoms with Crippen LogP contribution in [0.15, 0.2) is 30.3 Å². The second-order valence-corrected chi connectivity index (χ2v) is 4.84. The van der Waals surface area contributed by atoms with Gasteiger partial charge in [0.1, 0.15) is 0 Å². The summed E-state index contributed by atoms with van der Waals surface area (Å²) < 4.78 is 0. The molecular formula is C14H23N3. The Balaban J connectivity index is 2.07. The average Bonchev–Trinajstić information content (AvgIpc) is 2.37. The van der Waals surface area contributed by atoms with Gasteiger partial charge in [0.25, 0.3) is 0 Å². The number of hydrogen-bond acceptors (Lipinski definition) is 3. The molecule has 0 bridgehead atoms. The molecule has 1 unspecified atom stereocenters. The van der Waals surface area contributed by atoms with E-state index in [1.165, 1.54) is 12.1 Å². The zero-order valence-electron chi connectivity index (χ0n) is 10.9. The molecule has 0 aromatic heterocycles. The van der Waals surface area contributed by atoms with Gasteiger partial charge in [0.05, 0.1) is 0 Å². The smallest absolute Gasteiger partial charge is 0.0429 e. The normalized spacial score (nSPS) is 21.8. The Labute approximate surface area is 104 Å². The van der Waals surface area contributed by atoms with Crippen LogP contribution in [0.4, 0.5) is 5.69 Å². The summed E-state index contributed by atoms with van der Waals surface area (Å²) >= 11 is 0. The first-order valence-corrected chi connectivity index (χ1v) is 6.46. The Kier molecular flexibility index (Phi) is 4.40. The van der Waals surface area contributed by atoms with Crippen LogP contribution < -0.4 is 10.2 Å². The van der Waals surface area contributed by atoms with Gasteiger partial charge in [0.15, 0.2) is 0 Å². The number of nitrogens with one attached hydrogen (secondary N) is 1. The van der Waals surface area contributed by atoms with Crippen molar-refractivity contribution in [1.82, 2.24) is 10.2 Å². The zero-order chi connectivity index (χ0) is 12.1. The summed E-state index contributed by atoms with van der Waals surface area (Å²) in [6.45, 7) is 4.54. The number of anilines is 1. The third-order valence-electron chi connectivity index (χ3n) is 3.50. The maximum absolute atomic E-state index is 3.26. The predicted molar refractivity (Wildman–Crippen MR) is 73.6 cm³/mol. The first-order chi connectivity index (χ1) is 8.31. The molecule has 1 heterocycles. The Hall–Kier alpha value is -1.06. The minimum absolute atomic E-state index is 0.628. The lowest BCUT2D eigenvalue weighted by atomic mass is 10.1. The lowest BCUT2D eigenvalue weighted by Gasteiger charge is -2.41. The zero-order valence-corrected chi connectivity index (χ0v) is 10.9. The van der Waals surface area contributed by atoms with E-state index in [4.69, 9.17) is 0 Å². The number of benzene rings is 1. The first-order valence-electron chi connectivity index (χ1n) is 6.46. The Morgan fingerprint density at radius 2 is 2.00 bits per heavy atom. The van der Waals surface area contributed by atoms with Crippen LogP contribution in [0.1, 0.15) is 6.42 Å². The fraction of sp³-hybridized carbons (Fsp3) is 0.571. The first kappa shape index (κ1) is 12.4. The van der Waals surface area contributed by atoms with Gasteiger partial charge in [-0.3, -0.25) is 0 Å². The van der Waals surface area contributed by atoms with Crippen LogP contribution >= 0.6 is 0 Å². The second-order valence-electron chi connectivity index (χ2n) is 4.84. The highest BCUT2D eigenvalue weighted by Crippen LogP contribution is 2.21. The van der Waals surface area contributed by atoms with Crippen LogP contribution in [0.25, 0.3) is 0 Å². The van der Waals surface area contributed by atoms with Crippen molar-refractivity contribution >= 4 is 5.69 Å². The molecule has 1 atom stereocenters. The summed E-state index contributed by atoms with van der Waals surface area (Å²) in [5, 5.41) is 3.26. The van der Waals surface area contributed by atoms with Crippen molar-refractivity contribution in [1.29, 1.82) is 0 Å². The van der Waals surface area contributed by atoms with E-state index in [1.807, 2.05) is 7.05 Å². The molecule has 2 rings (SSSR count). The van der Waals surface area contributed by atoms with Gasteiger partial charge in [-0.25, -0.2) is 0 Å². The number of likely N-dealkylation sites (N-methyl/N-ethyl adjacent to an activating group) is 1. The fourth-order valence-corrected chi connectivity index (χ4v) is 2.53. The molecule has 0 radical (unpaired) electrons. The highest BCUT2D eigenvalue weighted by molar-refractivity contribution is 5.47. The average molecular weight is 233 g/mol. The summed E-state index contributed by atoms with van der Waals surface area (Å²) in [4.78, 5) is 4.98. The number of piperazine rings is 1. The van der Waals surface area contributed by atoms with Crippen LogP contribution in [-0.4, -0.2) is 51.2 Å². The molecule has 1 aromatic carbocycles. The van der Waals surface area contributed by atoms with Crippen LogP contribution in [0.5, 0.6) is 0 Å². The third kappa shape index (κ3) is 3.20. The minimum Gasteiger partial charge on any atom is -0.366 e. The summed E-state index contributed by atoms with van der Waals surface area (Å²) in [5.74, 6) is 0. The monoisotopic (exact) mass is 233 g/mol. The number of rotatable bonds is 4. The van der Waals surface area contributed by atoms with Gasteiger partial charge in [-0.05, 0) is 39.2 Å². The van der Waals surface area contributed by atoms with Crippen molar-refractivity contribution in [2.24, 2.45) is 0 Å². The van der Waals surface area contributed by atoms with E-state index in [0.717, 1.165) is 26.2 Å². The van der Waals surface area contributed by atoms with Crippen molar-refractivity contribution in [2.75, 3.05) is 45.2 Å². The SMILES string of the molecule is CNCCC1CN(C)CCN1c1ccccc1. The lowest BCUT2D eigenvalue weighted by Crippen LogP contribution is -2.52. The summed E-state index contributed by atoms with van der Waals surface area (Å²) in [6, 6.07) is 11.4. The molecular weight excluding hydrogens is 210 g/mol. The highest BCUT2D eigenvalue weighted by atomic mass is 15.3. The number of nitrogens with zero attached hydrogens (tertiary/aromatic N) is 2. The van der Waals surface area contributed by atoms with Gasteiger partial charge in [0.2, 0.25) is 0 Å². The van der Waals surface area contributed by atoms with Crippen LogP contribution in [0, 0.1) is 0 Å². The second kappa shape index (κ2) is 6.03. The standard InChI is InChI=1S/C14H23N3/c1-15-9-8-14-12-16(2)10-11-17(14)13-6-4-3-5-7-13/h3-7,14-15H,8-12H2,1-2H3. The molecule has 94 valence electrons. The fourth-order valence-electron chi connectivity index (χ4n) is 2.53. The number of para-hydroxylation sites is 1. The summed E-state index contributed by atoms with van der Waals surface area (Å²) in [5.41, 5.74) is 1.36. The van der Waals surface area contributed by atoms with E-state index >= 15 is 0 Å². The Bertz CT molecular complexity index is 325. The minimum atomic E-state index is 0.628. The van der Waals surface area contributed by atoms with Crippen molar-refractivity contribution < 1.29 is 0 Å². The van der Waals surface area contributed by atoms with Gasteiger partial charge >= 0.3 is 0 Å². The van der Waals surface area contributed by atoms with E-state index in [-0.39, 0.29) is 0 Å². The number of hydrogen-bond donors (Lipinski definition) is 1. The van der Waals surface area contributed by atoms with Gasteiger partial charge in [-0.15, -0.1) is 0 Å². The lowest BCUT2D eigenvalue weighted by molar-refractivity contribution is 0.260. The molecule has 0 aliphatic carbocycles.